The zero-order chi connectivity index (χ0) is 12.8. The molecule has 18 heavy (non-hydrogen) atoms. The van der Waals surface area contributed by atoms with Gasteiger partial charge in [-0.05, 0) is 30.2 Å². The first kappa shape index (κ1) is 12.3. The molecule has 0 aliphatic carbocycles. The maximum absolute atomic E-state index is 8.58. The summed E-state index contributed by atoms with van der Waals surface area (Å²) < 4.78 is 0. The molecule has 0 aliphatic rings. The molecule has 0 bridgehead atoms. The summed E-state index contributed by atoms with van der Waals surface area (Å²) in [4.78, 5) is 4.00. The van der Waals surface area contributed by atoms with Gasteiger partial charge in [0.25, 0.3) is 0 Å². The fraction of sp³-hybridized carbons (Fsp3) is 0.167. The van der Waals surface area contributed by atoms with Crippen LogP contribution in [0.25, 0.3) is 0 Å². The zero-order valence-corrected chi connectivity index (χ0v) is 10.2. The van der Waals surface area contributed by atoms with E-state index in [0.29, 0.717) is 23.2 Å². The van der Waals surface area contributed by atoms with E-state index in [1.54, 1.807) is 24.4 Å². The summed E-state index contributed by atoms with van der Waals surface area (Å²) in [6.07, 6.45) is 2.56. The Bertz CT molecular complexity index is 544. The highest BCUT2D eigenvalue weighted by Gasteiger charge is 1.97. The van der Waals surface area contributed by atoms with Crippen LogP contribution in [0.3, 0.4) is 0 Å². The van der Waals surface area contributed by atoms with Gasteiger partial charge in [-0.1, -0.05) is 17.7 Å². The Morgan fingerprint density at radius 3 is 2.72 bits per heavy atom. The van der Waals surface area contributed by atoms with Gasteiger partial charge >= 0.3 is 0 Å². The second-order valence-corrected chi connectivity index (χ2v) is 3.97. The van der Waals surface area contributed by atoms with Crippen LogP contribution in [0.5, 0.6) is 0 Å². The fourth-order valence-electron chi connectivity index (χ4n) is 1.38. The second kappa shape index (κ2) is 5.94. The number of nitriles is 1. The molecule has 0 amide bonds. The molecule has 0 radical (unpaired) electrons. The van der Waals surface area contributed by atoms with Gasteiger partial charge in [-0.3, -0.25) is 0 Å². The lowest BCUT2D eigenvalue weighted by Gasteiger charge is -2.04. The van der Waals surface area contributed by atoms with Crippen LogP contribution in [0.1, 0.15) is 11.3 Å². The predicted octanol–water partition coefficient (Wildman–Crippen LogP) is 2.05. The topological polar surface area (TPSA) is 74.5 Å². The fourth-order valence-corrected chi connectivity index (χ4v) is 1.49. The molecule has 0 aliphatic heterocycles. The number of rotatable bonds is 4. The van der Waals surface area contributed by atoms with Crippen LogP contribution >= 0.6 is 11.6 Å². The molecule has 0 spiro atoms. The molecule has 0 fully saturated rings. The van der Waals surface area contributed by atoms with E-state index in [2.05, 4.69) is 20.5 Å². The summed E-state index contributed by atoms with van der Waals surface area (Å²) in [7, 11) is 0. The molecule has 6 heteroatoms. The Morgan fingerprint density at radius 2 is 2.11 bits per heavy atom. The standard InChI is InChI=1S/C12H10ClN5/c13-11-3-1-9(8-16-11)5-6-15-12-4-2-10(7-14)17-18-12/h1-4,8H,5-6H2,(H,15,18). The molecule has 0 aromatic carbocycles. The molecule has 0 unspecified atom stereocenters. The summed E-state index contributed by atoms with van der Waals surface area (Å²) in [6.45, 7) is 0.712. The number of nitrogens with one attached hydrogen (secondary N) is 1. The number of pyridine rings is 1. The normalized spacial score (nSPS) is 9.78. The average Bonchev–Trinajstić information content (AvgIpc) is 2.42. The van der Waals surface area contributed by atoms with E-state index < -0.39 is 0 Å². The number of hydrogen-bond donors (Lipinski definition) is 1. The third-order valence-electron chi connectivity index (χ3n) is 2.29. The van der Waals surface area contributed by atoms with E-state index in [1.165, 1.54) is 0 Å². The van der Waals surface area contributed by atoms with Crippen molar-refractivity contribution in [3.8, 4) is 6.07 Å². The van der Waals surface area contributed by atoms with Gasteiger partial charge in [-0.15, -0.1) is 10.2 Å². The summed E-state index contributed by atoms with van der Waals surface area (Å²) in [5.74, 6) is 0.649. The maximum Gasteiger partial charge on any atom is 0.163 e. The van der Waals surface area contributed by atoms with Crippen LogP contribution in [0, 0.1) is 11.3 Å². The lowest BCUT2D eigenvalue weighted by Crippen LogP contribution is -2.07. The van der Waals surface area contributed by atoms with Gasteiger partial charge in [0.15, 0.2) is 5.69 Å². The van der Waals surface area contributed by atoms with E-state index in [1.807, 2.05) is 12.1 Å². The lowest BCUT2D eigenvalue weighted by molar-refractivity contribution is 0.954. The van der Waals surface area contributed by atoms with E-state index in [4.69, 9.17) is 16.9 Å². The predicted molar refractivity (Wildman–Crippen MR) is 68.2 cm³/mol. The van der Waals surface area contributed by atoms with Crippen LogP contribution in [0.15, 0.2) is 30.5 Å². The van der Waals surface area contributed by atoms with E-state index >= 15 is 0 Å². The zero-order valence-electron chi connectivity index (χ0n) is 9.47. The lowest BCUT2D eigenvalue weighted by atomic mass is 10.2. The van der Waals surface area contributed by atoms with Crippen LogP contribution in [0.2, 0.25) is 5.15 Å². The first-order chi connectivity index (χ1) is 8.78. The summed E-state index contributed by atoms with van der Waals surface area (Å²) >= 11 is 5.70. The molecular formula is C12H10ClN5. The van der Waals surface area contributed by atoms with Crippen LogP contribution < -0.4 is 5.32 Å². The number of hydrogen-bond acceptors (Lipinski definition) is 5. The molecule has 5 nitrogen and oxygen atoms in total. The molecular weight excluding hydrogens is 250 g/mol. The quantitative estimate of drug-likeness (QED) is 0.851. The summed E-state index contributed by atoms with van der Waals surface area (Å²) in [6, 6.07) is 8.97. The number of aromatic nitrogens is 3. The molecule has 90 valence electrons. The summed E-state index contributed by atoms with van der Waals surface area (Å²) in [5, 5.41) is 19.8. The van der Waals surface area contributed by atoms with Gasteiger partial charge in [-0.25, -0.2) is 4.98 Å². The summed E-state index contributed by atoms with van der Waals surface area (Å²) in [5.41, 5.74) is 1.40. The molecule has 1 N–H and O–H groups in total. The molecule has 0 saturated carbocycles. The van der Waals surface area contributed by atoms with Crippen molar-refractivity contribution in [3.63, 3.8) is 0 Å². The van der Waals surface area contributed by atoms with Gasteiger partial charge in [0.05, 0.1) is 0 Å². The maximum atomic E-state index is 8.58. The van der Waals surface area contributed by atoms with Crippen LogP contribution in [-0.4, -0.2) is 21.7 Å². The van der Waals surface area contributed by atoms with E-state index in [0.717, 1.165) is 12.0 Å². The number of halogens is 1. The molecule has 2 rings (SSSR count). The number of nitrogens with zero attached hydrogens (tertiary/aromatic N) is 4. The SMILES string of the molecule is N#Cc1ccc(NCCc2ccc(Cl)nc2)nn1. The number of anilines is 1. The van der Waals surface area contributed by atoms with Crippen LogP contribution in [0.4, 0.5) is 5.82 Å². The van der Waals surface area contributed by atoms with Crippen molar-refractivity contribution in [2.24, 2.45) is 0 Å². The third kappa shape index (κ3) is 3.40. The smallest absolute Gasteiger partial charge is 0.163 e. The molecule has 2 aromatic rings. The molecule has 0 atom stereocenters. The largest absolute Gasteiger partial charge is 0.368 e. The van der Waals surface area contributed by atoms with Crippen molar-refractivity contribution < 1.29 is 0 Å². The van der Waals surface area contributed by atoms with E-state index in [9.17, 15) is 0 Å². The Kier molecular flexibility index (Phi) is 4.05. The van der Waals surface area contributed by atoms with Crippen molar-refractivity contribution in [3.05, 3.63) is 46.9 Å². The van der Waals surface area contributed by atoms with Gasteiger partial charge < -0.3 is 5.32 Å². The highest BCUT2D eigenvalue weighted by Crippen LogP contribution is 2.06. The Labute approximate surface area is 109 Å². The second-order valence-electron chi connectivity index (χ2n) is 3.58. The first-order valence-corrected chi connectivity index (χ1v) is 5.74. The Balaban J connectivity index is 1.84. The minimum absolute atomic E-state index is 0.308. The molecule has 0 saturated heterocycles. The van der Waals surface area contributed by atoms with Crippen molar-refractivity contribution >= 4 is 17.4 Å². The van der Waals surface area contributed by atoms with Crippen molar-refractivity contribution in [1.82, 2.24) is 15.2 Å². The highest BCUT2D eigenvalue weighted by atomic mass is 35.5. The highest BCUT2D eigenvalue weighted by molar-refractivity contribution is 6.29. The molecule has 2 aromatic heterocycles. The first-order valence-electron chi connectivity index (χ1n) is 5.36. The monoisotopic (exact) mass is 259 g/mol. The van der Waals surface area contributed by atoms with Gasteiger partial charge in [0, 0.05) is 12.7 Å². The third-order valence-corrected chi connectivity index (χ3v) is 2.51. The van der Waals surface area contributed by atoms with Gasteiger partial charge in [-0.2, -0.15) is 5.26 Å². The Hall–Kier alpha value is -2.19. The minimum Gasteiger partial charge on any atom is -0.368 e. The Morgan fingerprint density at radius 1 is 1.22 bits per heavy atom. The molecule has 2 heterocycles. The average molecular weight is 260 g/mol. The van der Waals surface area contributed by atoms with Crippen molar-refractivity contribution in [2.75, 3.05) is 11.9 Å². The van der Waals surface area contributed by atoms with Crippen molar-refractivity contribution in [2.45, 2.75) is 6.42 Å². The minimum atomic E-state index is 0.308. The van der Waals surface area contributed by atoms with E-state index in [-0.39, 0.29) is 0 Å². The van der Waals surface area contributed by atoms with Crippen molar-refractivity contribution in [1.29, 1.82) is 5.26 Å². The van der Waals surface area contributed by atoms with Crippen LogP contribution in [-0.2, 0) is 6.42 Å². The van der Waals surface area contributed by atoms with Gasteiger partial charge in [0.1, 0.15) is 17.0 Å². The van der Waals surface area contributed by atoms with Gasteiger partial charge in [0.2, 0.25) is 0 Å².